The standard InChI is InChI=1S/C22H29N5O3S2/c1-6-25-16(3)13-19(17(25)4)20(28)15-31-22-24-23-21(26(22)7-2)14-27(32(5,29)30)18-11-9-8-10-12-18/h8-13H,6-7,14-15H2,1-5H3. The molecule has 8 nitrogen and oxygen atoms in total. The van der Waals surface area contributed by atoms with Crippen molar-refractivity contribution in [3.05, 3.63) is 59.2 Å². The number of para-hydroxylation sites is 1. The van der Waals surface area contributed by atoms with Crippen molar-refractivity contribution in [3.63, 3.8) is 0 Å². The number of carbonyl (C=O) groups is 1. The molecule has 172 valence electrons. The molecule has 3 aromatic rings. The summed E-state index contributed by atoms with van der Waals surface area (Å²) in [5, 5.41) is 9.07. The Hall–Kier alpha value is -2.59. The zero-order chi connectivity index (χ0) is 23.5. The molecule has 0 aliphatic heterocycles. The number of benzene rings is 1. The Morgan fingerprint density at radius 1 is 1.06 bits per heavy atom. The summed E-state index contributed by atoms with van der Waals surface area (Å²) in [5.74, 6) is 0.804. The van der Waals surface area contributed by atoms with Crippen molar-refractivity contribution in [1.29, 1.82) is 0 Å². The molecule has 0 aliphatic carbocycles. The lowest BCUT2D eigenvalue weighted by atomic mass is 10.2. The van der Waals surface area contributed by atoms with Crippen LogP contribution in [-0.2, 0) is 29.7 Å². The molecule has 0 N–H and O–H groups in total. The number of Topliss-reactive ketones (excluding diaryl/α,β-unsaturated/α-hetero) is 1. The molecule has 32 heavy (non-hydrogen) atoms. The third kappa shape index (κ3) is 5.07. The first kappa shape index (κ1) is 24.1. The lowest BCUT2D eigenvalue weighted by Crippen LogP contribution is -2.30. The van der Waals surface area contributed by atoms with Gasteiger partial charge in [-0.1, -0.05) is 30.0 Å². The SMILES string of the molecule is CCn1c(CN(c2ccccc2)S(C)(=O)=O)nnc1SCC(=O)c1cc(C)n(CC)c1C. The Morgan fingerprint density at radius 3 is 2.28 bits per heavy atom. The molecule has 0 spiro atoms. The van der Waals surface area contributed by atoms with Crippen molar-refractivity contribution >= 4 is 33.3 Å². The fraction of sp³-hybridized carbons (Fsp3) is 0.409. The summed E-state index contributed by atoms with van der Waals surface area (Å²) >= 11 is 1.32. The minimum atomic E-state index is -3.51. The molecule has 2 aromatic heterocycles. The summed E-state index contributed by atoms with van der Waals surface area (Å²) in [5.41, 5.74) is 3.34. The number of hydrogen-bond acceptors (Lipinski definition) is 6. The highest BCUT2D eigenvalue weighted by Crippen LogP contribution is 2.24. The number of hydrogen-bond donors (Lipinski definition) is 0. The lowest BCUT2D eigenvalue weighted by molar-refractivity contribution is 0.102. The molecule has 10 heteroatoms. The lowest BCUT2D eigenvalue weighted by Gasteiger charge is -2.22. The Morgan fingerprint density at radius 2 is 1.72 bits per heavy atom. The molecule has 0 unspecified atom stereocenters. The zero-order valence-electron chi connectivity index (χ0n) is 19.1. The van der Waals surface area contributed by atoms with E-state index in [0.29, 0.717) is 23.2 Å². The Bertz CT molecular complexity index is 1200. The summed E-state index contributed by atoms with van der Waals surface area (Å²) in [6.45, 7) is 9.42. The second kappa shape index (κ2) is 9.91. The van der Waals surface area contributed by atoms with Crippen LogP contribution in [0.2, 0.25) is 0 Å². The molecule has 0 radical (unpaired) electrons. The minimum Gasteiger partial charge on any atom is -0.349 e. The van der Waals surface area contributed by atoms with Gasteiger partial charge in [0.25, 0.3) is 0 Å². The number of aromatic nitrogens is 4. The van der Waals surface area contributed by atoms with E-state index in [1.807, 2.05) is 37.5 Å². The monoisotopic (exact) mass is 475 g/mol. The zero-order valence-corrected chi connectivity index (χ0v) is 20.7. The molecule has 0 amide bonds. The first-order chi connectivity index (χ1) is 15.2. The second-order valence-electron chi connectivity index (χ2n) is 7.49. The van der Waals surface area contributed by atoms with Crippen LogP contribution in [0.3, 0.4) is 0 Å². The number of sulfonamides is 1. The predicted molar refractivity (Wildman–Crippen MR) is 128 cm³/mol. The smallest absolute Gasteiger partial charge is 0.232 e. The normalized spacial score (nSPS) is 11.7. The van der Waals surface area contributed by atoms with Gasteiger partial charge in [0.1, 0.15) is 0 Å². The molecular weight excluding hydrogens is 446 g/mol. The summed E-state index contributed by atoms with van der Waals surface area (Å²) < 4.78 is 30.1. The van der Waals surface area contributed by atoms with Crippen molar-refractivity contribution in [1.82, 2.24) is 19.3 Å². The molecule has 1 aromatic carbocycles. The van der Waals surface area contributed by atoms with Crippen LogP contribution in [0, 0.1) is 13.8 Å². The highest BCUT2D eigenvalue weighted by molar-refractivity contribution is 7.99. The highest BCUT2D eigenvalue weighted by Gasteiger charge is 2.23. The van der Waals surface area contributed by atoms with E-state index >= 15 is 0 Å². The van der Waals surface area contributed by atoms with Crippen molar-refractivity contribution in [2.75, 3.05) is 16.3 Å². The minimum absolute atomic E-state index is 0.0389. The van der Waals surface area contributed by atoms with Gasteiger partial charge in [-0.2, -0.15) is 0 Å². The van der Waals surface area contributed by atoms with Crippen molar-refractivity contribution in [3.8, 4) is 0 Å². The van der Waals surface area contributed by atoms with Gasteiger partial charge < -0.3 is 9.13 Å². The average molecular weight is 476 g/mol. The number of anilines is 1. The van der Waals surface area contributed by atoms with Crippen LogP contribution in [-0.4, -0.2) is 45.5 Å². The molecular formula is C22H29N5O3S2. The molecule has 0 fully saturated rings. The maximum absolute atomic E-state index is 12.8. The number of rotatable bonds is 10. The molecule has 0 bridgehead atoms. The molecule has 2 heterocycles. The summed E-state index contributed by atoms with van der Waals surface area (Å²) in [4.78, 5) is 12.8. The van der Waals surface area contributed by atoms with Crippen LogP contribution in [0.5, 0.6) is 0 Å². The molecule has 3 rings (SSSR count). The Labute approximate surface area is 193 Å². The van der Waals surface area contributed by atoms with Crippen LogP contribution in [0.4, 0.5) is 5.69 Å². The van der Waals surface area contributed by atoms with Crippen molar-refractivity contribution < 1.29 is 13.2 Å². The van der Waals surface area contributed by atoms with Gasteiger partial charge in [-0.25, -0.2) is 8.42 Å². The maximum atomic E-state index is 12.8. The quantitative estimate of drug-likeness (QED) is 0.328. The molecule has 0 saturated carbocycles. The molecule has 0 saturated heterocycles. The van der Waals surface area contributed by atoms with E-state index in [-0.39, 0.29) is 18.1 Å². The summed E-state index contributed by atoms with van der Waals surface area (Å²) in [7, 11) is -3.51. The van der Waals surface area contributed by atoms with E-state index < -0.39 is 10.0 Å². The number of aryl methyl sites for hydroxylation is 1. The third-order valence-corrected chi connectivity index (χ3v) is 7.47. The van der Waals surface area contributed by atoms with Gasteiger partial charge >= 0.3 is 0 Å². The number of nitrogens with zero attached hydrogens (tertiary/aromatic N) is 5. The number of thioether (sulfide) groups is 1. The first-order valence-electron chi connectivity index (χ1n) is 10.4. The fourth-order valence-electron chi connectivity index (χ4n) is 3.76. The van der Waals surface area contributed by atoms with Crippen molar-refractivity contribution in [2.45, 2.75) is 52.5 Å². The van der Waals surface area contributed by atoms with E-state index in [1.54, 1.807) is 24.3 Å². The third-order valence-electron chi connectivity index (χ3n) is 5.36. The first-order valence-corrected chi connectivity index (χ1v) is 13.3. The van der Waals surface area contributed by atoms with Gasteiger partial charge in [0.2, 0.25) is 10.0 Å². The summed E-state index contributed by atoms with van der Waals surface area (Å²) in [6.07, 6.45) is 1.17. The molecule has 0 atom stereocenters. The van der Waals surface area contributed by atoms with Gasteiger partial charge in [0.15, 0.2) is 16.8 Å². The van der Waals surface area contributed by atoms with Crippen LogP contribution >= 0.6 is 11.8 Å². The number of ketones is 1. The average Bonchev–Trinajstić information content (AvgIpc) is 3.28. The van der Waals surface area contributed by atoms with E-state index in [1.165, 1.54) is 22.3 Å². The Balaban J connectivity index is 1.79. The van der Waals surface area contributed by atoms with Crippen LogP contribution in [0.15, 0.2) is 41.6 Å². The predicted octanol–water partition coefficient (Wildman–Crippen LogP) is 3.68. The highest BCUT2D eigenvalue weighted by atomic mass is 32.2. The van der Waals surface area contributed by atoms with E-state index in [0.717, 1.165) is 23.5 Å². The fourth-order valence-corrected chi connectivity index (χ4v) is 5.52. The van der Waals surface area contributed by atoms with E-state index in [9.17, 15) is 13.2 Å². The van der Waals surface area contributed by atoms with Crippen LogP contribution < -0.4 is 4.31 Å². The van der Waals surface area contributed by atoms with Crippen LogP contribution in [0.1, 0.15) is 41.4 Å². The second-order valence-corrected chi connectivity index (χ2v) is 10.3. The van der Waals surface area contributed by atoms with Gasteiger partial charge in [0.05, 0.1) is 24.2 Å². The Kier molecular flexibility index (Phi) is 7.45. The van der Waals surface area contributed by atoms with Gasteiger partial charge in [-0.05, 0) is 45.9 Å². The van der Waals surface area contributed by atoms with Gasteiger partial charge in [0, 0.05) is 30.0 Å². The van der Waals surface area contributed by atoms with E-state index in [4.69, 9.17) is 0 Å². The number of carbonyl (C=O) groups excluding carboxylic acids is 1. The maximum Gasteiger partial charge on any atom is 0.232 e. The van der Waals surface area contributed by atoms with Crippen LogP contribution in [0.25, 0.3) is 0 Å². The summed E-state index contributed by atoms with van der Waals surface area (Å²) in [6, 6.07) is 10.8. The van der Waals surface area contributed by atoms with Crippen molar-refractivity contribution in [2.24, 2.45) is 0 Å². The largest absolute Gasteiger partial charge is 0.349 e. The van der Waals surface area contributed by atoms with E-state index in [2.05, 4.69) is 21.7 Å². The topological polar surface area (TPSA) is 90.1 Å². The molecule has 0 aliphatic rings. The van der Waals surface area contributed by atoms with Gasteiger partial charge in [-0.15, -0.1) is 10.2 Å². The van der Waals surface area contributed by atoms with Gasteiger partial charge in [-0.3, -0.25) is 9.10 Å².